The van der Waals surface area contributed by atoms with E-state index in [0.29, 0.717) is 0 Å². The third-order valence-corrected chi connectivity index (χ3v) is 1.58. The van der Waals surface area contributed by atoms with E-state index in [1.54, 1.807) is 6.26 Å². The van der Waals surface area contributed by atoms with Crippen molar-refractivity contribution >= 4 is 0 Å². The van der Waals surface area contributed by atoms with Gasteiger partial charge in [-0.05, 0) is 13.3 Å². The van der Waals surface area contributed by atoms with E-state index in [0.717, 1.165) is 32.2 Å². The van der Waals surface area contributed by atoms with Crippen LogP contribution in [0, 0.1) is 5.92 Å². The second kappa shape index (κ2) is 4.34. The summed E-state index contributed by atoms with van der Waals surface area (Å²) in [5.74, 6) is 0.755. The van der Waals surface area contributed by atoms with Gasteiger partial charge in [0.05, 0.1) is 26.1 Å². The molecule has 1 fully saturated rings. The number of allylic oxidation sites excluding steroid dienone is 1. The van der Waals surface area contributed by atoms with Crippen LogP contribution in [0.1, 0.15) is 13.3 Å². The Labute approximate surface area is 61.8 Å². The predicted octanol–water partition coefficient (Wildman–Crippen LogP) is 1.57. The first-order valence-corrected chi connectivity index (χ1v) is 3.74. The first-order valence-electron chi connectivity index (χ1n) is 3.74. The summed E-state index contributed by atoms with van der Waals surface area (Å²) in [4.78, 5) is 0. The van der Waals surface area contributed by atoms with Crippen LogP contribution in [0.4, 0.5) is 0 Å². The molecule has 58 valence electrons. The van der Waals surface area contributed by atoms with Gasteiger partial charge < -0.3 is 9.47 Å². The van der Waals surface area contributed by atoms with E-state index >= 15 is 0 Å². The molecule has 0 bridgehead atoms. The normalized spacial score (nSPS) is 19.3. The van der Waals surface area contributed by atoms with Crippen LogP contribution in [0.25, 0.3) is 0 Å². The number of ether oxygens (including phenoxy) is 2. The molecule has 0 atom stereocenters. The Balaban J connectivity index is 1.85. The fourth-order valence-electron chi connectivity index (χ4n) is 0.850. The van der Waals surface area contributed by atoms with Crippen LogP contribution in [0.3, 0.4) is 0 Å². The summed E-state index contributed by atoms with van der Waals surface area (Å²) in [5, 5.41) is 0. The van der Waals surface area contributed by atoms with Crippen molar-refractivity contribution in [1.29, 1.82) is 0 Å². The molecule has 0 saturated carbocycles. The Hall–Kier alpha value is -0.500. The van der Waals surface area contributed by atoms with Crippen LogP contribution in [-0.2, 0) is 9.47 Å². The highest BCUT2D eigenvalue weighted by Crippen LogP contribution is 2.13. The lowest BCUT2D eigenvalue weighted by atomic mass is 10.1. The monoisotopic (exact) mass is 142 g/mol. The van der Waals surface area contributed by atoms with Gasteiger partial charge in [0.1, 0.15) is 0 Å². The zero-order chi connectivity index (χ0) is 7.23. The second-order valence-electron chi connectivity index (χ2n) is 2.53. The maximum absolute atomic E-state index is 5.15. The van der Waals surface area contributed by atoms with Crippen LogP contribution in [-0.4, -0.2) is 19.8 Å². The lowest BCUT2D eigenvalue weighted by Gasteiger charge is -2.25. The Bertz CT molecular complexity index is 106. The molecule has 0 aromatic heterocycles. The maximum atomic E-state index is 5.15. The van der Waals surface area contributed by atoms with Crippen molar-refractivity contribution in [3.63, 3.8) is 0 Å². The molecule has 1 rings (SSSR count). The number of hydrogen-bond acceptors (Lipinski definition) is 2. The molecule has 1 heterocycles. The summed E-state index contributed by atoms with van der Waals surface area (Å²) >= 11 is 0. The van der Waals surface area contributed by atoms with E-state index in [9.17, 15) is 0 Å². The van der Waals surface area contributed by atoms with E-state index < -0.39 is 0 Å². The Morgan fingerprint density at radius 1 is 1.60 bits per heavy atom. The average Bonchev–Trinajstić information content (AvgIpc) is 1.84. The molecule has 2 nitrogen and oxygen atoms in total. The molecule has 1 aliphatic rings. The molecule has 2 heteroatoms. The summed E-state index contributed by atoms with van der Waals surface area (Å²) in [6, 6.07) is 0. The first-order chi connectivity index (χ1) is 4.93. The van der Waals surface area contributed by atoms with Crippen LogP contribution in [0.15, 0.2) is 12.3 Å². The average molecular weight is 142 g/mol. The molecular formula is C8H14O2. The summed E-state index contributed by atoms with van der Waals surface area (Å²) in [6.45, 7) is 4.64. The molecule has 0 aromatic carbocycles. The minimum atomic E-state index is 0.755. The van der Waals surface area contributed by atoms with Crippen LogP contribution >= 0.6 is 0 Å². The minimum absolute atomic E-state index is 0.755. The standard InChI is InChI=1S/C8H14O2/c1-2-4-9-5-3-8-6-10-7-8/h2,4,8H,3,5-7H2,1H3/b4-2+. The molecule has 0 spiro atoms. The predicted molar refractivity (Wildman–Crippen MR) is 39.7 cm³/mol. The maximum Gasteiger partial charge on any atom is 0.0877 e. The molecule has 0 amide bonds. The Kier molecular flexibility index (Phi) is 3.30. The zero-order valence-corrected chi connectivity index (χ0v) is 6.38. The van der Waals surface area contributed by atoms with Gasteiger partial charge in [-0.1, -0.05) is 6.08 Å². The highest BCUT2D eigenvalue weighted by Gasteiger charge is 2.17. The van der Waals surface area contributed by atoms with Crippen molar-refractivity contribution in [1.82, 2.24) is 0 Å². The first kappa shape index (κ1) is 7.61. The van der Waals surface area contributed by atoms with Gasteiger partial charge in [-0.3, -0.25) is 0 Å². The smallest absolute Gasteiger partial charge is 0.0877 e. The van der Waals surface area contributed by atoms with E-state index in [1.165, 1.54) is 0 Å². The van der Waals surface area contributed by atoms with Crippen LogP contribution in [0.2, 0.25) is 0 Å². The van der Waals surface area contributed by atoms with Crippen molar-refractivity contribution in [2.24, 2.45) is 5.92 Å². The lowest BCUT2D eigenvalue weighted by Crippen LogP contribution is -2.28. The molecule has 10 heavy (non-hydrogen) atoms. The molecule has 0 N–H and O–H groups in total. The topological polar surface area (TPSA) is 18.5 Å². The largest absolute Gasteiger partial charge is 0.502 e. The van der Waals surface area contributed by atoms with Gasteiger partial charge in [0.15, 0.2) is 0 Å². The van der Waals surface area contributed by atoms with E-state index in [4.69, 9.17) is 9.47 Å². The summed E-state index contributed by atoms with van der Waals surface area (Å²) in [6.07, 6.45) is 4.77. The third-order valence-electron chi connectivity index (χ3n) is 1.58. The van der Waals surface area contributed by atoms with Gasteiger partial charge in [-0.15, -0.1) is 0 Å². The van der Waals surface area contributed by atoms with Gasteiger partial charge in [-0.2, -0.15) is 0 Å². The highest BCUT2D eigenvalue weighted by molar-refractivity contribution is 4.68. The van der Waals surface area contributed by atoms with Crippen LogP contribution in [0.5, 0.6) is 0 Å². The summed E-state index contributed by atoms with van der Waals surface area (Å²) in [5.41, 5.74) is 0. The fraction of sp³-hybridized carbons (Fsp3) is 0.750. The van der Waals surface area contributed by atoms with Crippen molar-refractivity contribution < 1.29 is 9.47 Å². The molecule has 1 saturated heterocycles. The van der Waals surface area contributed by atoms with Gasteiger partial charge in [0, 0.05) is 5.92 Å². The minimum Gasteiger partial charge on any atom is -0.502 e. The van der Waals surface area contributed by atoms with Crippen molar-refractivity contribution in [3.05, 3.63) is 12.3 Å². The van der Waals surface area contributed by atoms with Crippen molar-refractivity contribution in [2.45, 2.75) is 13.3 Å². The van der Waals surface area contributed by atoms with E-state index in [1.807, 2.05) is 13.0 Å². The van der Waals surface area contributed by atoms with Crippen molar-refractivity contribution in [2.75, 3.05) is 19.8 Å². The Morgan fingerprint density at radius 3 is 2.90 bits per heavy atom. The lowest BCUT2D eigenvalue weighted by molar-refractivity contribution is -0.0421. The number of hydrogen-bond donors (Lipinski definition) is 0. The summed E-state index contributed by atoms with van der Waals surface area (Å²) in [7, 11) is 0. The molecule has 0 aliphatic carbocycles. The van der Waals surface area contributed by atoms with Crippen molar-refractivity contribution in [3.8, 4) is 0 Å². The molecule has 0 unspecified atom stereocenters. The van der Waals surface area contributed by atoms with E-state index in [2.05, 4.69) is 0 Å². The summed E-state index contributed by atoms with van der Waals surface area (Å²) < 4.78 is 10.2. The SMILES string of the molecule is C/C=C/OCCC1COC1. The molecular weight excluding hydrogens is 128 g/mol. The molecule has 1 aliphatic heterocycles. The number of rotatable bonds is 4. The highest BCUT2D eigenvalue weighted by atomic mass is 16.5. The molecule has 0 aromatic rings. The quantitative estimate of drug-likeness (QED) is 0.438. The fourth-order valence-corrected chi connectivity index (χ4v) is 0.850. The second-order valence-corrected chi connectivity index (χ2v) is 2.53. The van der Waals surface area contributed by atoms with Gasteiger partial charge in [0.25, 0.3) is 0 Å². The van der Waals surface area contributed by atoms with Gasteiger partial charge in [0.2, 0.25) is 0 Å². The Morgan fingerprint density at radius 2 is 2.40 bits per heavy atom. The zero-order valence-electron chi connectivity index (χ0n) is 6.38. The van der Waals surface area contributed by atoms with E-state index in [-0.39, 0.29) is 0 Å². The van der Waals surface area contributed by atoms with Gasteiger partial charge in [-0.25, -0.2) is 0 Å². The van der Waals surface area contributed by atoms with Gasteiger partial charge >= 0.3 is 0 Å². The molecule has 0 radical (unpaired) electrons. The third kappa shape index (κ3) is 2.40. The van der Waals surface area contributed by atoms with Crippen LogP contribution < -0.4 is 0 Å².